The number of allylic oxidation sites excluding steroid dienone is 1. The van der Waals surface area contributed by atoms with Crippen molar-refractivity contribution >= 4 is 5.97 Å². The van der Waals surface area contributed by atoms with Gasteiger partial charge in [-0.2, -0.15) is 0 Å². The van der Waals surface area contributed by atoms with Crippen molar-refractivity contribution in [1.82, 2.24) is 0 Å². The molecule has 0 unspecified atom stereocenters. The van der Waals surface area contributed by atoms with Crippen molar-refractivity contribution in [2.24, 2.45) is 5.92 Å². The van der Waals surface area contributed by atoms with Crippen LogP contribution in [0.3, 0.4) is 0 Å². The van der Waals surface area contributed by atoms with Gasteiger partial charge in [0.15, 0.2) is 0 Å². The van der Waals surface area contributed by atoms with Crippen molar-refractivity contribution in [3.05, 3.63) is 12.2 Å². The second-order valence-electron chi connectivity index (χ2n) is 10.2. The second-order valence-corrected chi connectivity index (χ2v) is 10.2. The monoisotopic (exact) mass is 464 g/mol. The van der Waals surface area contributed by atoms with Gasteiger partial charge in [-0.15, -0.1) is 0 Å². The minimum atomic E-state index is -0.148. The number of carbonyl (C=O) groups excluding carboxylic acids is 1. The fourth-order valence-corrected chi connectivity index (χ4v) is 4.63. The van der Waals surface area contributed by atoms with E-state index in [-0.39, 0.29) is 5.97 Å². The van der Waals surface area contributed by atoms with Gasteiger partial charge in [0.1, 0.15) is 0 Å². The van der Waals surface area contributed by atoms with Crippen LogP contribution in [-0.2, 0) is 9.53 Å². The summed E-state index contributed by atoms with van der Waals surface area (Å²) in [6.07, 6.45) is 34.1. The Morgan fingerprint density at radius 1 is 0.576 bits per heavy atom. The van der Waals surface area contributed by atoms with E-state index >= 15 is 0 Å². The predicted octanol–water partition coefficient (Wildman–Crippen LogP) is 10.7. The van der Waals surface area contributed by atoms with Gasteiger partial charge in [-0.25, -0.2) is 4.79 Å². The maximum atomic E-state index is 12.0. The molecule has 2 nitrogen and oxygen atoms in total. The zero-order valence-corrected chi connectivity index (χ0v) is 23.0. The van der Waals surface area contributed by atoms with Gasteiger partial charge in [0, 0.05) is 6.08 Å². The molecule has 33 heavy (non-hydrogen) atoms. The molecule has 196 valence electrons. The fraction of sp³-hybridized carbons (Fsp3) is 0.903. The van der Waals surface area contributed by atoms with Crippen molar-refractivity contribution in [2.75, 3.05) is 6.61 Å². The van der Waals surface area contributed by atoms with E-state index in [2.05, 4.69) is 20.8 Å². The Hall–Kier alpha value is -0.790. The number of hydrogen-bond donors (Lipinski definition) is 0. The van der Waals surface area contributed by atoms with Gasteiger partial charge in [-0.3, -0.25) is 0 Å². The normalized spacial score (nSPS) is 11.6. The van der Waals surface area contributed by atoms with Crippen molar-refractivity contribution in [3.8, 4) is 0 Å². The zero-order valence-electron chi connectivity index (χ0n) is 23.0. The summed E-state index contributed by atoms with van der Waals surface area (Å²) in [4.78, 5) is 12.0. The van der Waals surface area contributed by atoms with Crippen LogP contribution in [0.5, 0.6) is 0 Å². The first kappa shape index (κ1) is 32.2. The molecule has 0 aromatic rings. The van der Waals surface area contributed by atoms with Crippen molar-refractivity contribution in [2.45, 2.75) is 168 Å². The lowest BCUT2D eigenvalue weighted by atomic mass is 9.92. The largest absolute Gasteiger partial charge is 0.463 e. The molecule has 0 aliphatic carbocycles. The van der Waals surface area contributed by atoms with Crippen LogP contribution in [0.1, 0.15) is 168 Å². The molecular formula is C31H60O2. The Bertz CT molecular complexity index is 405. The molecule has 0 aliphatic heterocycles. The van der Waals surface area contributed by atoms with Crippen LogP contribution in [0.25, 0.3) is 0 Å². The number of hydrogen-bond acceptors (Lipinski definition) is 2. The predicted molar refractivity (Wildman–Crippen MR) is 147 cm³/mol. The van der Waals surface area contributed by atoms with Crippen LogP contribution >= 0.6 is 0 Å². The molecule has 2 heteroatoms. The highest BCUT2D eigenvalue weighted by atomic mass is 16.5. The summed E-state index contributed by atoms with van der Waals surface area (Å²) >= 11 is 0. The van der Waals surface area contributed by atoms with Crippen molar-refractivity contribution in [3.63, 3.8) is 0 Å². The third-order valence-corrected chi connectivity index (χ3v) is 6.93. The summed E-state index contributed by atoms with van der Waals surface area (Å²) in [6, 6.07) is 0. The van der Waals surface area contributed by atoms with Gasteiger partial charge in [-0.1, -0.05) is 155 Å². The standard InChI is InChI=1S/C31H60O2/c1-4-7-10-11-12-13-14-15-16-17-18-19-20-21-24-27-31(32)33-29-28-30(25-22-8-5-2)26-23-9-6-3/h24,27,30H,4-23,25-26,28-29H2,1-3H3. The average molecular weight is 465 g/mol. The van der Waals surface area contributed by atoms with E-state index < -0.39 is 0 Å². The van der Waals surface area contributed by atoms with E-state index in [4.69, 9.17) is 4.74 Å². The summed E-state index contributed by atoms with van der Waals surface area (Å²) in [6.45, 7) is 7.40. The molecule has 0 N–H and O–H groups in total. The maximum absolute atomic E-state index is 12.0. The lowest BCUT2D eigenvalue weighted by Crippen LogP contribution is -2.09. The lowest BCUT2D eigenvalue weighted by molar-refractivity contribution is -0.138. The Morgan fingerprint density at radius 2 is 1.00 bits per heavy atom. The van der Waals surface area contributed by atoms with E-state index in [1.165, 1.54) is 135 Å². The van der Waals surface area contributed by atoms with Crippen LogP contribution in [0.2, 0.25) is 0 Å². The molecule has 0 saturated heterocycles. The molecule has 0 amide bonds. The third kappa shape index (κ3) is 25.7. The van der Waals surface area contributed by atoms with Crippen LogP contribution in [0.4, 0.5) is 0 Å². The van der Waals surface area contributed by atoms with Gasteiger partial charge in [0.25, 0.3) is 0 Å². The number of ether oxygens (including phenoxy) is 1. The van der Waals surface area contributed by atoms with Gasteiger partial charge >= 0.3 is 5.97 Å². The second kappa shape index (κ2) is 27.5. The SMILES string of the molecule is CCCCCCCCCCCCCCCC=CC(=O)OCCC(CCCCC)CCCCC. The molecule has 0 aromatic heterocycles. The van der Waals surface area contributed by atoms with Gasteiger partial charge in [-0.05, 0) is 25.2 Å². The molecule has 0 radical (unpaired) electrons. The van der Waals surface area contributed by atoms with Crippen molar-refractivity contribution < 1.29 is 9.53 Å². The number of rotatable bonds is 26. The molecule has 0 fully saturated rings. The molecule has 0 heterocycles. The Kier molecular flexibility index (Phi) is 26.8. The molecule has 0 atom stereocenters. The topological polar surface area (TPSA) is 26.3 Å². The molecule has 0 rings (SSSR count). The van der Waals surface area contributed by atoms with Crippen LogP contribution in [0, 0.1) is 5.92 Å². The maximum Gasteiger partial charge on any atom is 0.330 e. The zero-order chi connectivity index (χ0) is 24.2. The molecule has 0 bridgehead atoms. The fourth-order valence-electron chi connectivity index (χ4n) is 4.63. The summed E-state index contributed by atoms with van der Waals surface area (Å²) in [7, 11) is 0. The van der Waals surface area contributed by atoms with Crippen molar-refractivity contribution in [1.29, 1.82) is 0 Å². The Labute approximate surface area is 208 Å². The van der Waals surface area contributed by atoms with Gasteiger partial charge in [0.05, 0.1) is 6.61 Å². The Morgan fingerprint density at radius 3 is 1.48 bits per heavy atom. The lowest BCUT2D eigenvalue weighted by Gasteiger charge is -2.16. The summed E-state index contributed by atoms with van der Waals surface area (Å²) < 4.78 is 5.48. The summed E-state index contributed by atoms with van der Waals surface area (Å²) in [5, 5.41) is 0. The molecular weight excluding hydrogens is 404 g/mol. The van der Waals surface area contributed by atoms with Crippen LogP contribution < -0.4 is 0 Å². The smallest absolute Gasteiger partial charge is 0.330 e. The van der Waals surface area contributed by atoms with E-state index in [1.807, 2.05) is 6.08 Å². The number of unbranched alkanes of at least 4 members (excludes halogenated alkanes) is 17. The average Bonchev–Trinajstić information content (AvgIpc) is 2.81. The molecule has 0 spiro atoms. The van der Waals surface area contributed by atoms with Crippen LogP contribution in [0.15, 0.2) is 12.2 Å². The number of esters is 1. The highest BCUT2D eigenvalue weighted by molar-refractivity contribution is 5.81. The number of carbonyl (C=O) groups is 1. The first-order valence-corrected chi connectivity index (χ1v) is 15.1. The summed E-state index contributed by atoms with van der Waals surface area (Å²) in [5.41, 5.74) is 0. The highest BCUT2D eigenvalue weighted by Crippen LogP contribution is 2.21. The third-order valence-electron chi connectivity index (χ3n) is 6.93. The summed E-state index contributed by atoms with van der Waals surface area (Å²) in [5.74, 6) is 0.580. The van der Waals surface area contributed by atoms with Gasteiger partial charge in [0.2, 0.25) is 0 Å². The van der Waals surface area contributed by atoms with E-state index in [9.17, 15) is 4.79 Å². The first-order valence-electron chi connectivity index (χ1n) is 15.1. The molecule has 0 saturated carbocycles. The minimum Gasteiger partial charge on any atom is -0.463 e. The highest BCUT2D eigenvalue weighted by Gasteiger charge is 2.09. The first-order chi connectivity index (χ1) is 16.2. The van der Waals surface area contributed by atoms with E-state index in [0.717, 1.165) is 18.8 Å². The minimum absolute atomic E-state index is 0.148. The van der Waals surface area contributed by atoms with E-state index in [0.29, 0.717) is 6.61 Å². The van der Waals surface area contributed by atoms with E-state index in [1.54, 1.807) is 6.08 Å². The Balaban J connectivity index is 3.58. The van der Waals surface area contributed by atoms with Crippen LogP contribution in [-0.4, -0.2) is 12.6 Å². The molecule has 0 aromatic carbocycles. The van der Waals surface area contributed by atoms with Gasteiger partial charge < -0.3 is 4.74 Å². The molecule has 0 aliphatic rings. The quantitative estimate of drug-likeness (QED) is 0.0722.